The third kappa shape index (κ3) is 1.84. The largest absolute Gasteiger partial charge is 0.303 e. The van der Waals surface area contributed by atoms with Gasteiger partial charge in [0.15, 0.2) is 11.5 Å². The Morgan fingerprint density at radius 3 is 2.50 bits per heavy atom. The van der Waals surface area contributed by atoms with E-state index in [-0.39, 0.29) is 11.5 Å². The Morgan fingerprint density at radius 2 is 1.78 bits per heavy atom. The highest BCUT2D eigenvalue weighted by atomic mass is 35.5. The molecular weight excluding hydrogens is 258 g/mol. The Labute approximate surface area is 106 Å². The summed E-state index contributed by atoms with van der Waals surface area (Å²) in [6, 6.07) is 7.07. The normalized spacial score (nSPS) is 11.1. The van der Waals surface area contributed by atoms with Crippen molar-refractivity contribution in [3.8, 4) is 11.3 Å². The smallest absolute Gasteiger partial charge is 0.173 e. The summed E-state index contributed by atoms with van der Waals surface area (Å²) in [6.07, 6.45) is 3.22. The van der Waals surface area contributed by atoms with Crippen molar-refractivity contribution in [1.29, 1.82) is 0 Å². The third-order valence-corrected chi connectivity index (χ3v) is 2.82. The standard InChI is InChI=1S/C13H7ClF2N2/c14-9-5-11(16)13-17-12(7-18(13)6-9)8-1-3-10(15)4-2-8/h1-7H. The van der Waals surface area contributed by atoms with Crippen molar-refractivity contribution in [2.75, 3.05) is 0 Å². The minimum Gasteiger partial charge on any atom is -0.303 e. The van der Waals surface area contributed by atoms with E-state index in [4.69, 9.17) is 11.6 Å². The molecule has 2 nitrogen and oxygen atoms in total. The van der Waals surface area contributed by atoms with Crippen LogP contribution in [-0.4, -0.2) is 9.38 Å². The molecule has 0 N–H and O–H groups in total. The molecule has 5 heteroatoms. The fraction of sp³-hybridized carbons (Fsp3) is 0. The summed E-state index contributed by atoms with van der Waals surface area (Å²) in [4.78, 5) is 4.16. The van der Waals surface area contributed by atoms with Crippen LogP contribution in [0.5, 0.6) is 0 Å². The molecule has 0 saturated heterocycles. The van der Waals surface area contributed by atoms with Crippen LogP contribution in [0.25, 0.3) is 16.9 Å². The van der Waals surface area contributed by atoms with Gasteiger partial charge in [0.2, 0.25) is 0 Å². The molecule has 3 rings (SSSR count). The Morgan fingerprint density at radius 1 is 1.06 bits per heavy atom. The van der Waals surface area contributed by atoms with Crippen LogP contribution in [0.4, 0.5) is 8.78 Å². The monoisotopic (exact) mass is 264 g/mol. The van der Waals surface area contributed by atoms with E-state index in [1.165, 1.54) is 22.6 Å². The zero-order chi connectivity index (χ0) is 12.7. The Kier molecular flexibility index (Phi) is 2.52. The predicted molar refractivity (Wildman–Crippen MR) is 65.6 cm³/mol. The molecule has 0 unspecified atom stereocenters. The number of nitrogens with zero attached hydrogens (tertiary/aromatic N) is 2. The lowest BCUT2D eigenvalue weighted by molar-refractivity contribution is 0.628. The van der Waals surface area contributed by atoms with Gasteiger partial charge < -0.3 is 4.40 Å². The zero-order valence-corrected chi connectivity index (χ0v) is 9.83. The average molecular weight is 265 g/mol. The highest BCUT2D eigenvalue weighted by Gasteiger charge is 2.09. The highest BCUT2D eigenvalue weighted by Crippen LogP contribution is 2.22. The number of hydrogen-bond donors (Lipinski definition) is 0. The van der Waals surface area contributed by atoms with Crippen LogP contribution in [0.15, 0.2) is 42.7 Å². The summed E-state index contributed by atoms with van der Waals surface area (Å²) >= 11 is 5.76. The Balaban J connectivity index is 2.19. The molecule has 0 bridgehead atoms. The minimum absolute atomic E-state index is 0.193. The molecule has 0 fully saturated rings. The number of pyridine rings is 1. The molecule has 0 radical (unpaired) electrons. The second kappa shape index (κ2) is 4.07. The second-order valence-corrected chi connectivity index (χ2v) is 4.31. The first-order valence-corrected chi connectivity index (χ1v) is 5.61. The molecule has 1 aromatic carbocycles. The van der Waals surface area contributed by atoms with E-state index in [9.17, 15) is 8.78 Å². The first-order valence-electron chi connectivity index (χ1n) is 5.23. The lowest BCUT2D eigenvalue weighted by Gasteiger charge is -1.94. The maximum Gasteiger partial charge on any atom is 0.173 e. The summed E-state index contributed by atoms with van der Waals surface area (Å²) in [7, 11) is 0. The van der Waals surface area contributed by atoms with Gasteiger partial charge in [-0.2, -0.15) is 0 Å². The van der Waals surface area contributed by atoms with Crippen LogP contribution < -0.4 is 0 Å². The van der Waals surface area contributed by atoms with Crippen LogP contribution in [0.3, 0.4) is 0 Å². The van der Waals surface area contributed by atoms with Gasteiger partial charge in [0.25, 0.3) is 0 Å². The second-order valence-electron chi connectivity index (χ2n) is 3.87. The van der Waals surface area contributed by atoms with Gasteiger partial charge in [0, 0.05) is 18.0 Å². The van der Waals surface area contributed by atoms with Gasteiger partial charge in [-0.05, 0) is 30.3 Å². The zero-order valence-electron chi connectivity index (χ0n) is 9.07. The van der Waals surface area contributed by atoms with Crippen LogP contribution >= 0.6 is 11.6 Å². The predicted octanol–water partition coefficient (Wildman–Crippen LogP) is 3.93. The number of aromatic nitrogens is 2. The fourth-order valence-corrected chi connectivity index (χ4v) is 1.99. The SMILES string of the molecule is Fc1ccc(-c2cn3cc(Cl)cc(F)c3n2)cc1. The van der Waals surface area contributed by atoms with Gasteiger partial charge in [0.05, 0.1) is 10.7 Å². The molecule has 90 valence electrons. The van der Waals surface area contributed by atoms with Gasteiger partial charge >= 0.3 is 0 Å². The van der Waals surface area contributed by atoms with Crippen LogP contribution in [0.1, 0.15) is 0 Å². The summed E-state index contributed by atoms with van der Waals surface area (Å²) in [5, 5.41) is 0.294. The average Bonchev–Trinajstić information content (AvgIpc) is 2.74. The van der Waals surface area contributed by atoms with Crippen LogP contribution in [0, 0.1) is 11.6 Å². The molecule has 0 spiro atoms. The maximum absolute atomic E-state index is 13.6. The van der Waals surface area contributed by atoms with Crippen LogP contribution in [0.2, 0.25) is 5.02 Å². The van der Waals surface area contributed by atoms with E-state index in [1.807, 2.05) is 0 Å². The topological polar surface area (TPSA) is 17.3 Å². The molecule has 2 heterocycles. The van der Waals surface area contributed by atoms with E-state index in [1.54, 1.807) is 24.5 Å². The van der Waals surface area contributed by atoms with Crippen molar-refractivity contribution in [3.05, 3.63) is 59.4 Å². The summed E-state index contributed by atoms with van der Waals surface area (Å²) in [5.74, 6) is -0.812. The molecule has 0 aliphatic carbocycles. The van der Waals surface area contributed by atoms with Crippen molar-refractivity contribution >= 4 is 17.2 Å². The van der Waals surface area contributed by atoms with Crippen molar-refractivity contribution in [1.82, 2.24) is 9.38 Å². The van der Waals surface area contributed by atoms with Crippen molar-refractivity contribution in [2.24, 2.45) is 0 Å². The lowest BCUT2D eigenvalue weighted by atomic mass is 10.2. The van der Waals surface area contributed by atoms with E-state index >= 15 is 0 Å². The van der Waals surface area contributed by atoms with Crippen molar-refractivity contribution in [2.45, 2.75) is 0 Å². The summed E-state index contributed by atoms with van der Waals surface area (Å²) in [6.45, 7) is 0. The first kappa shape index (κ1) is 11.2. The van der Waals surface area contributed by atoms with Gasteiger partial charge in [-0.1, -0.05) is 11.6 Å². The molecule has 2 aromatic heterocycles. The number of hydrogen-bond acceptors (Lipinski definition) is 1. The van der Waals surface area contributed by atoms with Crippen molar-refractivity contribution in [3.63, 3.8) is 0 Å². The minimum atomic E-state index is -0.490. The lowest BCUT2D eigenvalue weighted by Crippen LogP contribution is -1.86. The Hall–Kier alpha value is -1.94. The molecule has 0 aliphatic heterocycles. The summed E-state index contributed by atoms with van der Waals surface area (Å²) < 4.78 is 27.9. The first-order chi connectivity index (χ1) is 8.63. The van der Waals surface area contributed by atoms with E-state index in [0.717, 1.165) is 5.56 Å². The molecular formula is C13H7ClF2N2. The number of fused-ring (bicyclic) bond motifs is 1. The maximum atomic E-state index is 13.6. The quantitative estimate of drug-likeness (QED) is 0.651. The van der Waals surface area contributed by atoms with Gasteiger partial charge in [0.1, 0.15) is 5.82 Å². The molecule has 0 amide bonds. The van der Waals surface area contributed by atoms with Crippen LogP contribution in [-0.2, 0) is 0 Å². The number of rotatable bonds is 1. The Bertz CT molecular complexity index is 720. The number of imidazole rings is 1. The molecule has 18 heavy (non-hydrogen) atoms. The number of benzene rings is 1. The van der Waals surface area contributed by atoms with E-state index in [0.29, 0.717) is 10.7 Å². The molecule has 0 atom stereocenters. The molecule has 0 saturated carbocycles. The van der Waals surface area contributed by atoms with Gasteiger partial charge in [-0.25, -0.2) is 13.8 Å². The fourth-order valence-electron chi connectivity index (χ4n) is 1.78. The highest BCUT2D eigenvalue weighted by molar-refractivity contribution is 6.30. The molecule has 0 aliphatic rings. The molecule has 3 aromatic rings. The third-order valence-electron chi connectivity index (χ3n) is 2.61. The van der Waals surface area contributed by atoms with Crippen molar-refractivity contribution < 1.29 is 8.78 Å². The van der Waals surface area contributed by atoms with Gasteiger partial charge in [-0.3, -0.25) is 0 Å². The van der Waals surface area contributed by atoms with E-state index in [2.05, 4.69) is 4.98 Å². The summed E-state index contributed by atoms with van der Waals surface area (Å²) in [5.41, 5.74) is 1.48. The number of halogens is 3. The van der Waals surface area contributed by atoms with E-state index < -0.39 is 5.82 Å². The van der Waals surface area contributed by atoms with Gasteiger partial charge in [-0.15, -0.1) is 0 Å².